The van der Waals surface area contributed by atoms with Gasteiger partial charge in [-0.3, -0.25) is 19.2 Å². The first-order valence-electron chi connectivity index (χ1n) is 42.4. The summed E-state index contributed by atoms with van der Waals surface area (Å²) in [5.41, 5.74) is 10.6. The van der Waals surface area contributed by atoms with Crippen LogP contribution in [0.4, 0.5) is 57.9 Å². The lowest BCUT2D eigenvalue weighted by Crippen LogP contribution is -2.22. The lowest BCUT2D eigenvalue weighted by Gasteiger charge is -2.22. The first-order valence-corrected chi connectivity index (χ1v) is 50.0. The van der Waals surface area contributed by atoms with Crippen LogP contribution in [0.25, 0.3) is 43.6 Å². The number of nitrogens with one attached hydrogen (secondary N) is 8. The number of benzene rings is 12. The molecule has 12 aromatic carbocycles. The number of ketones is 4. The van der Waals surface area contributed by atoms with Crippen LogP contribution in [0.2, 0.25) is 0 Å². The van der Waals surface area contributed by atoms with Crippen LogP contribution in [0, 0.1) is 95.0 Å². The van der Waals surface area contributed by atoms with Gasteiger partial charge in [-0.05, 0) is 243 Å². The maximum Gasteiger partial charge on any atom is 0.191 e. The van der Waals surface area contributed by atoms with Crippen molar-refractivity contribution < 1.29 is 107 Å². The zero-order valence-corrected chi connectivity index (χ0v) is 80.6. The molecular formula is C103H94F8N8O16S4. The van der Waals surface area contributed by atoms with E-state index in [2.05, 4.69) is 41.2 Å². The van der Waals surface area contributed by atoms with Gasteiger partial charge in [-0.1, -0.05) is 36.4 Å². The van der Waals surface area contributed by atoms with Crippen LogP contribution < -0.4 is 40.2 Å². The fourth-order valence-electron chi connectivity index (χ4n) is 16.1. The van der Waals surface area contributed by atoms with Crippen molar-refractivity contribution in [3.05, 3.63) is 355 Å². The fourth-order valence-corrected chi connectivity index (χ4v) is 18.8. The molecule has 4 atom stereocenters. The molecule has 8 N–H and O–H groups in total. The van der Waals surface area contributed by atoms with Crippen molar-refractivity contribution in [2.75, 3.05) is 74.7 Å². The Morgan fingerprint density at radius 1 is 0.273 bits per heavy atom. The molecule has 0 saturated heterocycles. The van der Waals surface area contributed by atoms with Gasteiger partial charge in [0.25, 0.3) is 0 Å². The van der Waals surface area contributed by atoms with Gasteiger partial charge in [0, 0.05) is 163 Å². The third-order valence-corrected chi connectivity index (χ3v) is 27.5. The highest BCUT2D eigenvalue weighted by atomic mass is 32.2. The lowest BCUT2D eigenvalue weighted by atomic mass is 9.93. The van der Waals surface area contributed by atoms with E-state index in [1.807, 2.05) is 25.1 Å². The first kappa shape index (κ1) is 102. The Hall–Kier alpha value is -14.9. The van der Waals surface area contributed by atoms with E-state index in [1.54, 1.807) is 78.1 Å². The van der Waals surface area contributed by atoms with Gasteiger partial charge >= 0.3 is 0 Å². The second-order valence-corrected chi connectivity index (χ2v) is 41.5. The van der Waals surface area contributed by atoms with Crippen molar-refractivity contribution in [1.82, 2.24) is 19.9 Å². The van der Waals surface area contributed by atoms with E-state index in [0.29, 0.717) is 100 Å². The second-order valence-electron chi connectivity index (χ2n) is 33.4. The van der Waals surface area contributed by atoms with Gasteiger partial charge in [-0.15, -0.1) is 0 Å². The molecule has 0 fully saturated rings. The number of carbonyl (C=O) groups is 4. The molecular weight excluding hydrogens is 1890 g/mol. The van der Waals surface area contributed by atoms with Gasteiger partial charge in [0.2, 0.25) is 0 Å². The number of hydrogen-bond acceptors (Lipinski definition) is 20. The van der Waals surface area contributed by atoms with E-state index in [0.717, 1.165) is 53.6 Å². The molecule has 139 heavy (non-hydrogen) atoms. The number of carbonyl (C=O) groups excluding carboxylic acids is 4. The minimum atomic E-state index is -3.61. The standard InChI is InChI=1S/2C26H24F2N2O4S.C26H25FN2O4S.C25H21F3N2O4S/c1-14-7-16(27)5-6-21(14)25(30-18-10-19(34-3)12-20(11-18)35(4,32)33)26(31)23-13-29-24-15(2)8-17(28)9-22(23)24;1-14-7-21-22(13-29-24(21)23(28)8-14)26(31)25(20-6-5-16(27)9-15(20)2)30-17-10-18(34-3)12-19(11-17)35(4,32)33;1-15-5-7-22-23(14-28-24(22)9-15)26(30)25(21-8-6-17(27)10-16(21)2)29-18-11-19(33-3)13-20(12-18)34(4,31)32;1-13-6-14(26)4-5-18(13)24(30-15-7-16(34-2)9-17(8-15)35(3,32)33)25(31)20-12-29-23-11-22(28)21(27)10-19(20)23/h2*5-13,25,29-30H,1-4H3;5-14,25,28-29H,1-4H3;4-12,24,29-30H,1-3H3. The highest BCUT2D eigenvalue weighted by molar-refractivity contribution is 7.91. The molecule has 0 aliphatic rings. The highest BCUT2D eigenvalue weighted by Crippen LogP contribution is 2.41. The molecule has 36 heteroatoms. The third-order valence-electron chi connectivity index (χ3n) is 23.1. The van der Waals surface area contributed by atoms with E-state index in [-0.39, 0.29) is 81.4 Å². The number of aryl methyl sites for hydroxylation is 7. The van der Waals surface area contributed by atoms with Gasteiger partial charge in [-0.25, -0.2) is 68.8 Å². The summed E-state index contributed by atoms with van der Waals surface area (Å²) in [5, 5.41) is 14.2. The second kappa shape index (κ2) is 41.2. The summed E-state index contributed by atoms with van der Waals surface area (Å²) in [6.07, 6.45) is 10.2. The number of aromatic amines is 4. The molecule has 0 spiro atoms. The maximum absolute atomic E-state index is 14.5. The molecule has 4 aromatic heterocycles. The van der Waals surface area contributed by atoms with Crippen molar-refractivity contribution >= 4 is 129 Å². The first-order chi connectivity index (χ1) is 65.5. The number of halogens is 8. The maximum atomic E-state index is 14.5. The minimum absolute atomic E-state index is 0.00571. The number of methoxy groups -OCH3 is 4. The van der Waals surface area contributed by atoms with Crippen molar-refractivity contribution in [3.8, 4) is 23.0 Å². The third kappa shape index (κ3) is 23.4. The van der Waals surface area contributed by atoms with E-state index in [4.69, 9.17) is 18.9 Å². The highest BCUT2D eigenvalue weighted by Gasteiger charge is 2.34. The predicted molar refractivity (Wildman–Crippen MR) is 519 cm³/mol. The summed E-state index contributed by atoms with van der Waals surface area (Å²) >= 11 is 0. The summed E-state index contributed by atoms with van der Waals surface area (Å²) in [6.45, 7) is 12.1. The Bertz CT molecular complexity index is 7830. The molecule has 0 aliphatic heterocycles. The topological polar surface area (TPSA) is 353 Å². The molecule has 16 rings (SSSR count). The molecule has 4 heterocycles. The Morgan fingerprint density at radius 2 is 0.568 bits per heavy atom. The van der Waals surface area contributed by atoms with Crippen LogP contribution in [-0.4, -0.2) is 130 Å². The normalized spacial score (nSPS) is 12.5. The molecule has 0 amide bonds. The van der Waals surface area contributed by atoms with Crippen molar-refractivity contribution in [2.45, 2.75) is 92.2 Å². The average molecular weight is 1980 g/mol. The SMILES string of the molecule is COc1cc(NC(C(=O)c2c[nH]c3c(C)cc(F)cc23)c2ccc(F)cc2C)cc(S(C)(=O)=O)c1.COc1cc(NC(C(=O)c2c[nH]c3c(F)cc(C)cc23)c2ccc(F)cc2C)cc(S(C)(=O)=O)c1.COc1cc(NC(C(=O)c2c[nH]c3cc(C)ccc23)c2ccc(F)cc2C)cc(S(C)(=O)=O)c1.COc1cc(NC(C(=O)c2c[nH]c3cc(F)c(F)cc23)c2ccc(F)cc2C)cc(S(C)(=O)=O)c1. The van der Waals surface area contributed by atoms with E-state index >= 15 is 0 Å². The summed E-state index contributed by atoms with van der Waals surface area (Å²) in [6, 6.07) is 42.9. The summed E-state index contributed by atoms with van der Waals surface area (Å²) in [5.74, 6) is -5.39. The largest absolute Gasteiger partial charge is 0.497 e. The Morgan fingerprint density at radius 3 is 0.899 bits per heavy atom. The number of anilines is 4. The van der Waals surface area contributed by atoms with Gasteiger partial charge in [0.1, 0.15) is 82.1 Å². The summed E-state index contributed by atoms with van der Waals surface area (Å²) in [4.78, 5) is 67.1. The number of fused-ring (bicyclic) bond motifs is 4. The number of H-pyrrole nitrogens is 4. The number of aromatic nitrogens is 4. The van der Waals surface area contributed by atoms with Gasteiger partial charge in [0.15, 0.2) is 74.1 Å². The smallest absolute Gasteiger partial charge is 0.191 e. The molecule has 4 unspecified atom stereocenters. The monoisotopic (exact) mass is 1980 g/mol. The van der Waals surface area contributed by atoms with E-state index in [9.17, 15) is 88.0 Å². The van der Waals surface area contributed by atoms with Crippen LogP contribution in [0.15, 0.2) is 245 Å². The minimum Gasteiger partial charge on any atom is -0.497 e. The summed E-state index contributed by atoms with van der Waals surface area (Å²) < 4.78 is 230. The zero-order chi connectivity index (χ0) is 101. The lowest BCUT2D eigenvalue weighted by molar-refractivity contribution is 0.0963. The molecule has 722 valence electrons. The summed E-state index contributed by atoms with van der Waals surface area (Å²) in [7, 11) is -8.67. The average Bonchev–Trinajstić information content (AvgIpc) is 1.65. The van der Waals surface area contributed by atoms with Crippen molar-refractivity contribution in [2.24, 2.45) is 0 Å². The molecule has 0 aliphatic carbocycles. The van der Waals surface area contributed by atoms with Crippen LogP contribution in [-0.2, 0) is 39.3 Å². The Balaban J connectivity index is 0.000000156. The Kier molecular flexibility index (Phi) is 30.1. The van der Waals surface area contributed by atoms with Crippen LogP contribution in [0.3, 0.4) is 0 Å². The molecule has 0 bridgehead atoms. The zero-order valence-electron chi connectivity index (χ0n) is 77.4. The van der Waals surface area contributed by atoms with Crippen molar-refractivity contribution in [1.29, 1.82) is 0 Å². The molecule has 0 radical (unpaired) electrons. The number of sulfone groups is 4. The number of rotatable bonds is 28. The van der Waals surface area contributed by atoms with Crippen LogP contribution in [0.5, 0.6) is 23.0 Å². The van der Waals surface area contributed by atoms with Crippen LogP contribution in [0.1, 0.15) is 127 Å². The number of hydrogen-bond donors (Lipinski definition) is 8. The fraction of sp³-hybridized carbons (Fsp3) is 0.184. The van der Waals surface area contributed by atoms with Crippen molar-refractivity contribution in [3.63, 3.8) is 0 Å². The van der Waals surface area contributed by atoms with Crippen LogP contribution >= 0.6 is 0 Å². The van der Waals surface area contributed by atoms with E-state index < -0.39 is 127 Å². The van der Waals surface area contributed by atoms with Gasteiger partial charge < -0.3 is 60.2 Å². The quantitative estimate of drug-likeness (QED) is 0.0167. The number of Topliss-reactive ketones (excluding diaryl/α,β-unsaturated/α-hetero) is 4. The molecule has 16 aromatic rings. The van der Waals surface area contributed by atoms with Gasteiger partial charge in [0.05, 0.1) is 53.5 Å². The number of ether oxygens (including phenoxy) is 4. The van der Waals surface area contributed by atoms with Gasteiger partial charge in [-0.2, -0.15) is 0 Å². The molecule has 24 nitrogen and oxygen atoms in total. The molecule has 0 saturated carbocycles. The Labute approximate surface area is 795 Å². The van der Waals surface area contributed by atoms with E-state index in [1.165, 1.54) is 187 Å². The predicted octanol–water partition coefficient (Wildman–Crippen LogP) is 21.7.